The summed E-state index contributed by atoms with van der Waals surface area (Å²) in [5, 5.41) is 26.6. The number of rotatable bonds is 13. The molecule has 109 heavy (non-hydrogen) atoms. The number of carboxylic acid groups (broad SMARTS) is 1. The lowest BCUT2D eigenvalue weighted by molar-refractivity contribution is -0.145. The van der Waals surface area contributed by atoms with Crippen molar-refractivity contribution in [2.45, 2.75) is 199 Å². The Kier molecular flexibility index (Phi) is 23.4. The molecule has 588 valence electrons. The van der Waals surface area contributed by atoms with Crippen molar-refractivity contribution in [2.24, 2.45) is 17.0 Å². The third-order valence-corrected chi connectivity index (χ3v) is 27.8. The number of allylic oxidation sites excluding steroid dienone is 2. The minimum atomic E-state index is -4.84. The van der Waals surface area contributed by atoms with E-state index in [9.17, 15) is 85.8 Å². The van der Waals surface area contributed by atoms with Gasteiger partial charge < -0.3 is 45.6 Å². The smallest absolute Gasteiger partial charge is 0.416 e. The number of aromatic nitrogens is 2. The van der Waals surface area contributed by atoms with Crippen LogP contribution in [0.1, 0.15) is 141 Å². The minimum absolute atomic E-state index is 0.0261. The van der Waals surface area contributed by atoms with Crippen molar-refractivity contribution in [3.63, 3.8) is 0 Å². The molecule has 37 heteroatoms. The second-order valence-electron chi connectivity index (χ2n) is 29.4. The summed E-state index contributed by atoms with van der Waals surface area (Å²) < 4.78 is 173. The van der Waals surface area contributed by atoms with E-state index < -0.39 is 159 Å². The number of aliphatic carboxylic acids is 1. The summed E-state index contributed by atoms with van der Waals surface area (Å²) in [6.45, 7) is 3.04. The van der Waals surface area contributed by atoms with Crippen LogP contribution in [-0.4, -0.2) is 147 Å². The summed E-state index contributed by atoms with van der Waals surface area (Å²) in [5.41, 5.74) is -4.63. The number of nitrogens with zero attached hydrogens (tertiary/aromatic N) is 4. The molecule has 23 nitrogen and oxygen atoms in total. The molecular weight excluding hydrogens is 1650 g/mol. The van der Waals surface area contributed by atoms with Crippen molar-refractivity contribution in [1.29, 1.82) is 0 Å². The highest BCUT2D eigenvalue weighted by molar-refractivity contribution is 9.10. The Bertz CT molecular complexity index is 4830. The molecule has 0 unspecified atom stereocenters. The van der Waals surface area contributed by atoms with Crippen LogP contribution in [0.4, 0.5) is 46.5 Å². The fourth-order valence-electron chi connectivity index (χ4n) is 13.8. The van der Waals surface area contributed by atoms with E-state index in [1.54, 1.807) is 32.1 Å². The van der Waals surface area contributed by atoms with Crippen molar-refractivity contribution in [3.05, 3.63) is 129 Å². The second-order valence-corrected chi connectivity index (χ2v) is 37.4. The average Bonchev–Trinajstić information content (AvgIpc) is 1.57. The number of primary sulfonamides is 1. The molecule has 0 bridgehead atoms. The first kappa shape index (κ1) is 80.9. The third-order valence-electron chi connectivity index (χ3n) is 21.1. The maximum atomic E-state index is 14.5. The van der Waals surface area contributed by atoms with E-state index in [1.165, 1.54) is 32.5 Å². The number of carboxylic acids is 1. The van der Waals surface area contributed by atoms with Crippen molar-refractivity contribution >= 4 is 142 Å². The van der Waals surface area contributed by atoms with E-state index in [1.807, 2.05) is 42.5 Å². The van der Waals surface area contributed by atoms with Crippen LogP contribution in [0.5, 0.6) is 10.4 Å². The van der Waals surface area contributed by atoms with E-state index in [2.05, 4.69) is 67.8 Å². The molecule has 14 rings (SSSR count). The van der Waals surface area contributed by atoms with Crippen molar-refractivity contribution in [1.82, 2.24) is 35.1 Å². The van der Waals surface area contributed by atoms with E-state index in [0.29, 0.717) is 91.3 Å². The number of hydrogen-bond acceptors (Lipinski definition) is 18. The van der Waals surface area contributed by atoms with Gasteiger partial charge in [-0.05, 0) is 164 Å². The molecule has 5 amide bonds. The van der Waals surface area contributed by atoms with Gasteiger partial charge in [-0.25, -0.2) is 45.5 Å². The minimum Gasteiger partial charge on any atom is -0.479 e. The summed E-state index contributed by atoms with van der Waals surface area (Å²) in [5.74, 6) is -7.82. The number of nitrogens with two attached hydrogens (primary N) is 1. The fraction of sp³-hybridized carbons (Fsp3) is 0.500. The fourth-order valence-corrected chi connectivity index (χ4v) is 18.6. The molecule has 2 aromatic heterocycles. The Balaban J connectivity index is 0.000000185. The van der Waals surface area contributed by atoms with Gasteiger partial charge in [0.15, 0.2) is 0 Å². The van der Waals surface area contributed by atoms with Crippen LogP contribution in [0.3, 0.4) is 0 Å². The van der Waals surface area contributed by atoms with Crippen LogP contribution in [-0.2, 0) is 61.2 Å². The molecule has 2 saturated heterocycles. The number of thiazole rings is 2. The summed E-state index contributed by atoms with van der Waals surface area (Å²) in [7, 11) is -7.27. The molecule has 6 aromatic rings. The van der Waals surface area contributed by atoms with E-state index in [4.69, 9.17) is 14.6 Å². The van der Waals surface area contributed by atoms with Crippen LogP contribution in [0.25, 0.3) is 20.4 Å². The predicted molar refractivity (Wildman–Crippen MR) is 397 cm³/mol. The number of amides is 5. The topological polar surface area (TPSA) is 328 Å². The Morgan fingerprint density at radius 1 is 0.615 bits per heavy atom. The second kappa shape index (κ2) is 31.5. The Morgan fingerprint density at radius 3 is 1.44 bits per heavy atom. The summed E-state index contributed by atoms with van der Waals surface area (Å²) >= 11 is 9.41. The number of halogens is 10. The number of anilines is 2. The lowest BCUT2D eigenvalue weighted by atomic mass is 10.0. The molecule has 8 N–H and O–H groups in total. The summed E-state index contributed by atoms with van der Waals surface area (Å²) in [6.07, 6.45) is 4.20. The van der Waals surface area contributed by atoms with Gasteiger partial charge in [0.05, 0.1) is 54.1 Å². The van der Waals surface area contributed by atoms with Gasteiger partial charge in [-0.3, -0.25) is 28.7 Å². The number of alkyl halides is 6. The van der Waals surface area contributed by atoms with Crippen LogP contribution < -0.4 is 40.6 Å². The van der Waals surface area contributed by atoms with Gasteiger partial charge in [-0.15, -0.1) is 0 Å². The molecule has 4 aliphatic carbocycles. The number of nitrogens with one attached hydrogen (secondary N) is 5. The number of carbonyl (C=O) groups is 6. The maximum Gasteiger partial charge on any atom is 0.416 e. The van der Waals surface area contributed by atoms with Gasteiger partial charge in [-0.2, -0.15) is 26.3 Å². The van der Waals surface area contributed by atoms with E-state index in [0.717, 1.165) is 61.9 Å². The molecule has 4 aliphatic heterocycles. The molecule has 6 heterocycles. The number of fused-ring (bicyclic) bond motifs is 6. The van der Waals surface area contributed by atoms with Gasteiger partial charge in [0.2, 0.25) is 43.7 Å². The lowest BCUT2D eigenvalue weighted by Gasteiger charge is -2.30. The molecule has 4 saturated carbocycles. The van der Waals surface area contributed by atoms with Gasteiger partial charge in [0, 0.05) is 45.0 Å². The predicted octanol–water partition coefficient (Wildman–Crippen LogP) is 12.8. The maximum absolute atomic E-state index is 14.5. The molecule has 8 aliphatic rings. The van der Waals surface area contributed by atoms with Gasteiger partial charge in [0.1, 0.15) is 59.1 Å². The zero-order valence-corrected chi connectivity index (χ0v) is 65.1. The lowest BCUT2D eigenvalue weighted by Crippen LogP contribution is -2.58. The Hall–Kier alpha value is -7.58. The highest BCUT2D eigenvalue weighted by Gasteiger charge is 2.64. The van der Waals surface area contributed by atoms with Gasteiger partial charge in [-0.1, -0.05) is 105 Å². The van der Waals surface area contributed by atoms with Crippen molar-refractivity contribution < 1.29 is 95.3 Å². The van der Waals surface area contributed by atoms with Crippen LogP contribution in [0.15, 0.2) is 106 Å². The zero-order valence-electron chi connectivity index (χ0n) is 58.6. The van der Waals surface area contributed by atoms with Crippen molar-refractivity contribution in [2.75, 3.05) is 23.7 Å². The van der Waals surface area contributed by atoms with Gasteiger partial charge in [0.25, 0.3) is 16.3 Å². The van der Waals surface area contributed by atoms with Crippen LogP contribution in [0.2, 0.25) is 0 Å². The number of ether oxygens (including phenoxy) is 2. The first-order valence-electron chi connectivity index (χ1n) is 35.4. The Morgan fingerprint density at radius 2 is 1.04 bits per heavy atom. The van der Waals surface area contributed by atoms with Crippen molar-refractivity contribution in [3.8, 4) is 10.4 Å². The first-order chi connectivity index (χ1) is 51.2. The number of hydrogen-bond donors (Lipinski definition) is 7. The largest absolute Gasteiger partial charge is 0.479 e. The monoisotopic (exact) mass is 1730 g/mol. The normalized spacial score (nSPS) is 27.6. The third kappa shape index (κ3) is 18.8. The van der Waals surface area contributed by atoms with E-state index in [-0.39, 0.29) is 63.0 Å². The van der Waals surface area contributed by atoms with E-state index >= 15 is 0 Å². The highest BCUT2D eigenvalue weighted by atomic mass is 79.9. The van der Waals surface area contributed by atoms with Gasteiger partial charge >= 0.3 is 18.3 Å². The number of carbonyl (C=O) groups excluding carboxylic acids is 5. The quantitative estimate of drug-likeness (QED) is 0.0417. The Labute approximate surface area is 646 Å². The zero-order chi connectivity index (χ0) is 78.6. The summed E-state index contributed by atoms with van der Waals surface area (Å²) in [6, 6.07) is 10.4. The number of benzene rings is 4. The average molecular weight is 1730 g/mol. The molecule has 0 spiro atoms. The first-order valence-corrected chi connectivity index (χ1v) is 41.6. The number of sulfonamides is 2. The molecular formula is C72H78Br2F8N10O13S4. The molecule has 4 aromatic carbocycles. The molecule has 6 fully saturated rings. The molecule has 0 radical (unpaired) electrons. The standard InChI is InChI=1S/C36H38BrF4N5O6S2.C32H31BrF4N4O5S.C4H9NO2S/c1-34(11-12-34)54(50,51)45-32(49)35-18-20(35)7-5-3-2-4-6-8-27(42-24-14-21(36(39,40)41)13-23(38)16-24)31(48)46-19-25(17-28(46)30(47)44-35)52-33-43-26-10-9-22(37)15-29(26)53-33;33-19-8-9-23-26(12-19)47-30(39-23)46-22-14-25-27(42)40-31(29(44)45)15-17(31)6-4-2-1-3-5-7-24(28(43)41(25)16-22)38-21-11-18(32(35,36)37)10-20(34)13-21;1-4(2-3-4)8(5,6)7/h5,7,9-10,13-16,20,25,27-28,42H,2-4,6,8,11-12,17-19H2,1H3,(H,44,47)(H,45,49);4,6,8-13,17,22,24-25,38H,1-3,5,7,14-16H2,(H,40,42)(H,44,45);2-3H2,1H3,(H2,5,6,7)/b7-5-;6-4-;/t20-,25-,27+,28+,35-;17-,22-,24+,25+,31-;/m11./s1. The molecule has 10 atom stereocenters. The summed E-state index contributed by atoms with van der Waals surface area (Å²) in [4.78, 5) is 94.5. The highest BCUT2D eigenvalue weighted by Crippen LogP contribution is 2.49. The SMILES string of the molecule is CC1(S(=O)(=O)NC(=O)[C@@]23C[C@H]2/C=C\CCCCC[C@H](Nc2cc(F)cc(C(F)(F)F)c2)C(=O)N2C[C@H](Oc4nc5ccc(Br)cc5s4)C[C@H]2C(=O)N3)CC1.CC1(S(N)(=O)=O)CC1.O=C1N[C@]2(C(=O)O)C[C@H]2/C=C\CCCCC[C@H](Nc2cc(F)cc(C(F)(F)F)c2)C(=O)N2C[C@H](Oc3nc4ccc(Br)cc4s3)C[C@@H]12. The van der Waals surface area contributed by atoms with Crippen LogP contribution in [0, 0.1) is 23.5 Å². The van der Waals surface area contributed by atoms with Crippen LogP contribution >= 0.6 is 54.5 Å².